The zero-order valence-electron chi connectivity index (χ0n) is 22.7. The molecule has 0 bridgehead atoms. The van der Waals surface area contributed by atoms with Gasteiger partial charge < -0.3 is 10.6 Å². The molecule has 7 heteroatoms. The van der Waals surface area contributed by atoms with Crippen LogP contribution in [0.25, 0.3) is 5.69 Å². The summed E-state index contributed by atoms with van der Waals surface area (Å²) in [4.78, 5) is 13.4. The molecule has 5 aromatic rings. The van der Waals surface area contributed by atoms with E-state index >= 15 is 0 Å². The number of hydrogen-bond donors (Lipinski definition) is 2. The summed E-state index contributed by atoms with van der Waals surface area (Å²) in [5.41, 5.74) is 6.32. The molecule has 202 valence electrons. The van der Waals surface area contributed by atoms with Gasteiger partial charge in [-0.3, -0.25) is 4.57 Å². The third-order valence-electron chi connectivity index (χ3n) is 6.71. The summed E-state index contributed by atoms with van der Waals surface area (Å²) in [5, 5.41) is 16.3. The molecule has 0 radical (unpaired) electrons. The maximum atomic E-state index is 13.4. The normalized spacial score (nSPS) is 11.7. The van der Waals surface area contributed by atoms with Crippen LogP contribution in [0.15, 0.2) is 114 Å². The number of aromatic nitrogens is 3. The van der Waals surface area contributed by atoms with Gasteiger partial charge in [-0.25, -0.2) is 4.79 Å². The summed E-state index contributed by atoms with van der Waals surface area (Å²) >= 11 is 1.63. The summed E-state index contributed by atoms with van der Waals surface area (Å²) < 4.78 is 2.07. The molecular formula is C33H33N5OS. The van der Waals surface area contributed by atoms with Crippen LogP contribution in [-0.2, 0) is 18.6 Å². The lowest BCUT2D eigenvalue weighted by molar-refractivity contribution is 0.247. The lowest BCUT2D eigenvalue weighted by atomic mass is 10.1. The second-order valence-electron chi connectivity index (χ2n) is 9.64. The Kier molecular flexibility index (Phi) is 8.93. The molecule has 5 rings (SSSR count). The Labute approximate surface area is 239 Å². The monoisotopic (exact) mass is 547 g/mol. The van der Waals surface area contributed by atoms with Crippen LogP contribution in [0.1, 0.15) is 41.0 Å². The first-order valence-electron chi connectivity index (χ1n) is 13.5. The molecule has 1 atom stereocenters. The van der Waals surface area contributed by atoms with Crippen LogP contribution in [0.2, 0.25) is 0 Å². The number of urea groups is 1. The molecule has 0 saturated heterocycles. The maximum Gasteiger partial charge on any atom is 0.319 e. The molecule has 1 aromatic heterocycles. The number of amides is 2. The molecule has 1 unspecified atom stereocenters. The van der Waals surface area contributed by atoms with E-state index in [1.54, 1.807) is 11.8 Å². The number of carbonyl (C=O) groups excluding carboxylic acids is 1. The first-order valence-corrected chi connectivity index (χ1v) is 14.5. The minimum atomic E-state index is -0.420. The van der Waals surface area contributed by atoms with Crippen LogP contribution in [0.5, 0.6) is 0 Å². The predicted octanol–water partition coefficient (Wildman–Crippen LogP) is 7.54. The second-order valence-corrected chi connectivity index (χ2v) is 10.6. The van der Waals surface area contributed by atoms with Crippen LogP contribution in [0.3, 0.4) is 0 Å². The molecule has 0 fully saturated rings. The number of rotatable bonds is 10. The van der Waals surface area contributed by atoms with Crippen molar-refractivity contribution < 1.29 is 4.79 Å². The second kappa shape index (κ2) is 13.1. The quantitative estimate of drug-likeness (QED) is 0.177. The van der Waals surface area contributed by atoms with Crippen molar-refractivity contribution in [1.82, 2.24) is 20.1 Å². The van der Waals surface area contributed by atoms with Gasteiger partial charge >= 0.3 is 6.03 Å². The zero-order valence-corrected chi connectivity index (χ0v) is 23.6. The maximum absolute atomic E-state index is 13.4. The largest absolute Gasteiger partial charge is 0.327 e. The van der Waals surface area contributed by atoms with Gasteiger partial charge in [0.2, 0.25) is 0 Å². The highest BCUT2D eigenvalue weighted by molar-refractivity contribution is 7.98. The first-order chi connectivity index (χ1) is 19.6. The molecule has 40 heavy (non-hydrogen) atoms. The first kappa shape index (κ1) is 27.2. The Morgan fingerprint density at radius 3 is 2.17 bits per heavy atom. The van der Waals surface area contributed by atoms with Crippen LogP contribution in [0, 0.1) is 6.92 Å². The van der Waals surface area contributed by atoms with Gasteiger partial charge in [0.1, 0.15) is 0 Å². The third-order valence-corrected chi connectivity index (χ3v) is 7.71. The molecule has 4 aromatic carbocycles. The summed E-state index contributed by atoms with van der Waals surface area (Å²) in [6.45, 7) is 4.15. The number of nitrogens with zero attached hydrogens (tertiary/aromatic N) is 3. The van der Waals surface area contributed by atoms with Gasteiger partial charge in [-0.05, 0) is 48.2 Å². The zero-order chi connectivity index (χ0) is 27.7. The van der Waals surface area contributed by atoms with Crippen LogP contribution in [-0.4, -0.2) is 20.8 Å². The van der Waals surface area contributed by atoms with Crippen molar-refractivity contribution in [3.8, 4) is 5.69 Å². The van der Waals surface area contributed by atoms with E-state index in [0.29, 0.717) is 12.2 Å². The van der Waals surface area contributed by atoms with Crippen molar-refractivity contribution in [2.45, 2.75) is 43.6 Å². The van der Waals surface area contributed by atoms with Crippen molar-refractivity contribution in [3.63, 3.8) is 0 Å². The highest BCUT2D eigenvalue weighted by Gasteiger charge is 2.25. The van der Waals surface area contributed by atoms with Gasteiger partial charge in [-0.15, -0.1) is 10.2 Å². The van der Waals surface area contributed by atoms with E-state index in [9.17, 15) is 4.79 Å². The van der Waals surface area contributed by atoms with Gasteiger partial charge in [0.15, 0.2) is 11.0 Å². The van der Waals surface area contributed by atoms with Gasteiger partial charge in [0.25, 0.3) is 0 Å². The molecule has 2 amide bonds. The Morgan fingerprint density at radius 2 is 1.48 bits per heavy atom. The Morgan fingerprint density at radius 1 is 0.825 bits per heavy atom. The number of benzene rings is 4. The fourth-order valence-corrected chi connectivity index (χ4v) is 5.50. The minimum Gasteiger partial charge on any atom is -0.327 e. The average Bonchev–Trinajstić information content (AvgIpc) is 3.41. The van der Waals surface area contributed by atoms with E-state index < -0.39 is 6.04 Å². The van der Waals surface area contributed by atoms with Gasteiger partial charge in [0, 0.05) is 23.5 Å². The number of para-hydroxylation sites is 1. The number of anilines is 1. The minimum absolute atomic E-state index is 0.279. The molecule has 6 nitrogen and oxygen atoms in total. The summed E-state index contributed by atoms with van der Waals surface area (Å²) in [7, 11) is 0. The fourth-order valence-electron chi connectivity index (χ4n) is 4.58. The van der Waals surface area contributed by atoms with Crippen molar-refractivity contribution in [3.05, 3.63) is 137 Å². The number of carbonyl (C=O) groups is 1. The van der Waals surface area contributed by atoms with Crippen molar-refractivity contribution in [2.24, 2.45) is 0 Å². The summed E-state index contributed by atoms with van der Waals surface area (Å²) in [6, 6.07) is 36.0. The fraction of sp³-hybridized carbons (Fsp3) is 0.182. The van der Waals surface area contributed by atoms with Crippen molar-refractivity contribution in [2.75, 3.05) is 5.32 Å². The van der Waals surface area contributed by atoms with Gasteiger partial charge in [0.05, 0.1) is 6.04 Å². The SMILES string of the molecule is CCc1ccccc1NC(=O)NC(Cc1ccccc1)c1nnc(SCc2ccccc2)n1-c1ccc(C)cc1. The molecule has 0 spiro atoms. The van der Waals surface area contributed by atoms with E-state index in [1.165, 1.54) is 11.1 Å². The number of aryl methyl sites for hydroxylation is 2. The predicted molar refractivity (Wildman–Crippen MR) is 163 cm³/mol. The summed E-state index contributed by atoms with van der Waals surface area (Å²) in [5.74, 6) is 1.44. The highest BCUT2D eigenvalue weighted by atomic mass is 32.2. The molecule has 0 aliphatic rings. The van der Waals surface area contributed by atoms with Crippen molar-refractivity contribution in [1.29, 1.82) is 0 Å². The van der Waals surface area contributed by atoms with Gasteiger partial charge in [-0.2, -0.15) is 0 Å². The van der Waals surface area contributed by atoms with Gasteiger partial charge in [-0.1, -0.05) is 115 Å². The molecule has 0 aliphatic carbocycles. The number of thioether (sulfide) groups is 1. The topological polar surface area (TPSA) is 71.8 Å². The van der Waals surface area contributed by atoms with E-state index in [4.69, 9.17) is 0 Å². The van der Waals surface area contributed by atoms with E-state index in [0.717, 1.165) is 39.8 Å². The van der Waals surface area contributed by atoms with E-state index in [-0.39, 0.29) is 6.03 Å². The Bertz CT molecular complexity index is 1530. The summed E-state index contributed by atoms with van der Waals surface area (Å²) in [6.07, 6.45) is 1.39. The molecule has 1 heterocycles. The lowest BCUT2D eigenvalue weighted by Crippen LogP contribution is -2.35. The highest BCUT2D eigenvalue weighted by Crippen LogP contribution is 2.29. The average molecular weight is 548 g/mol. The molecule has 0 saturated carbocycles. The number of hydrogen-bond acceptors (Lipinski definition) is 4. The van der Waals surface area contributed by atoms with E-state index in [2.05, 4.69) is 87.8 Å². The third kappa shape index (κ3) is 6.79. The van der Waals surface area contributed by atoms with Crippen LogP contribution >= 0.6 is 11.8 Å². The molecule has 2 N–H and O–H groups in total. The van der Waals surface area contributed by atoms with Crippen LogP contribution in [0.4, 0.5) is 10.5 Å². The molecule has 0 aliphatic heterocycles. The Balaban J connectivity index is 1.50. The van der Waals surface area contributed by atoms with E-state index in [1.807, 2.05) is 60.7 Å². The lowest BCUT2D eigenvalue weighted by Gasteiger charge is -2.21. The smallest absolute Gasteiger partial charge is 0.319 e. The standard InChI is InChI=1S/C33H33N5OS/c1-3-27-16-10-11-17-29(27)34-32(39)35-30(22-25-12-6-4-7-13-25)31-36-37-33(40-23-26-14-8-5-9-15-26)38(31)28-20-18-24(2)19-21-28/h4-21,30H,3,22-23H2,1-2H3,(H2,34,35,39). The number of nitrogens with one attached hydrogen (secondary N) is 2. The molecular weight excluding hydrogens is 514 g/mol. The van der Waals surface area contributed by atoms with Crippen molar-refractivity contribution >= 4 is 23.5 Å². The Hall–Kier alpha value is -4.36. The van der Waals surface area contributed by atoms with Crippen LogP contribution < -0.4 is 10.6 Å².